The van der Waals surface area contributed by atoms with Crippen molar-refractivity contribution in [2.75, 3.05) is 18.4 Å². The molecule has 0 spiro atoms. The fraction of sp³-hybridized carbons (Fsp3) is 0.316. The quantitative estimate of drug-likeness (QED) is 0.906. The van der Waals surface area contributed by atoms with Crippen LogP contribution in [0.5, 0.6) is 5.75 Å². The molecule has 2 aromatic carbocycles. The Hall–Kier alpha value is -2.56. The molecule has 1 aliphatic heterocycles. The second-order valence-corrected chi connectivity index (χ2v) is 6.22. The molecule has 24 heavy (non-hydrogen) atoms. The van der Waals surface area contributed by atoms with Crippen LogP contribution in [-0.2, 0) is 0 Å². The van der Waals surface area contributed by atoms with Crippen molar-refractivity contribution in [1.82, 2.24) is 4.90 Å². The Kier molecular flexibility index (Phi) is 4.69. The zero-order valence-corrected chi connectivity index (χ0v) is 13.6. The highest BCUT2D eigenvalue weighted by Crippen LogP contribution is 2.25. The molecule has 4 nitrogen and oxygen atoms in total. The van der Waals surface area contributed by atoms with Crippen molar-refractivity contribution < 1.29 is 14.3 Å². The van der Waals surface area contributed by atoms with Crippen molar-refractivity contribution in [2.24, 2.45) is 0 Å². The minimum Gasteiger partial charge on any atom is -0.507 e. The molecular weight excluding hydrogens is 307 g/mol. The Morgan fingerprint density at radius 3 is 2.88 bits per heavy atom. The maximum Gasteiger partial charge on any atom is 0.257 e. The van der Waals surface area contributed by atoms with E-state index in [2.05, 4.69) is 5.32 Å². The van der Waals surface area contributed by atoms with Crippen LogP contribution in [-0.4, -0.2) is 35.0 Å². The number of nitrogens with zero attached hydrogens (tertiary/aromatic N) is 1. The predicted molar refractivity (Wildman–Crippen MR) is 91.8 cm³/mol. The summed E-state index contributed by atoms with van der Waals surface area (Å²) in [6, 6.07) is 11.6. The third-order valence-electron chi connectivity index (χ3n) is 4.37. The molecule has 2 aromatic rings. The van der Waals surface area contributed by atoms with E-state index in [0.717, 1.165) is 12.8 Å². The van der Waals surface area contributed by atoms with E-state index in [0.29, 0.717) is 29.9 Å². The number of amides is 1. The molecule has 1 saturated heterocycles. The number of piperidine rings is 1. The summed E-state index contributed by atoms with van der Waals surface area (Å²) >= 11 is 0. The van der Waals surface area contributed by atoms with E-state index in [9.17, 15) is 14.3 Å². The molecule has 5 heteroatoms. The van der Waals surface area contributed by atoms with Gasteiger partial charge in [0.25, 0.3) is 5.91 Å². The van der Waals surface area contributed by atoms with Crippen molar-refractivity contribution in [3.8, 4) is 5.75 Å². The van der Waals surface area contributed by atoms with E-state index in [1.807, 2.05) is 6.07 Å². The second kappa shape index (κ2) is 6.91. The summed E-state index contributed by atoms with van der Waals surface area (Å²) < 4.78 is 13.3. The molecule has 1 amide bonds. The van der Waals surface area contributed by atoms with Crippen LogP contribution in [0.1, 0.15) is 28.8 Å². The van der Waals surface area contributed by atoms with Gasteiger partial charge >= 0.3 is 0 Å². The number of aromatic hydroxyl groups is 1. The van der Waals surface area contributed by atoms with E-state index in [4.69, 9.17) is 0 Å². The van der Waals surface area contributed by atoms with Gasteiger partial charge in [0.1, 0.15) is 11.6 Å². The number of para-hydroxylation sites is 1. The maximum atomic E-state index is 13.3. The molecule has 126 valence electrons. The van der Waals surface area contributed by atoms with Crippen molar-refractivity contribution in [1.29, 1.82) is 0 Å². The van der Waals surface area contributed by atoms with Crippen LogP contribution >= 0.6 is 0 Å². The van der Waals surface area contributed by atoms with Gasteiger partial charge in [-0.2, -0.15) is 0 Å². The number of phenolic OH excluding ortho intramolecular Hbond substituents is 1. The average Bonchev–Trinajstić information content (AvgIpc) is 2.57. The number of hydrogen-bond donors (Lipinski definition) is 2. The maximum absolute atomic E-state index is 13.3. The number of carbonyl (C=O) groups excluding carboxylic acids is 1. The van der Waals surface area contributed by atoms with Gasteiger partial charge in [-0.25, -0.2) is 4.39 Å². The van der Waals surface area contributed by atoms with Crippen LogP contribution in [0.15, 0.2) is 42.5 Å². The number of halogens is 1. The first-order chi connectivity index (χ1) is 11.5. The first-order valence-corrected chi connectivity index (χ1v) is 8.14. The van der Waals surface area contributed by atoms with E-state index in [-0.39, 0.29) is 23.5 Å². The molecule has 0 unspecified atom stereocenters. The van der Waals surface area contributed by atoms with Crippen LogP contribution in [0.2, 0.25) is 0 Å². The normalized spacial score (nSPS) is 17.6. The van der Waals surface area contributed by atoms with Crippen LogP contribution < -0.4 is 5.32 Å². The van der Waals surface area contributed by atoms with Crippen molar-refractivity contribution >= 4 is 11.6 Å². The van der Waals surface area contributed by atoms with Gasteiger partial charge in [-0.05, 0) is 49.6 Å². The zero-order chi connectivity index (χ0) is 17.1. The first-order valence-electron chi connectivity index (χ1n) is 8.14. The zero-order valence-electron chi connectivity index (χ0n) is 13.6. The molecule has 0 bridgehead atoms. The number of carbonyl (C=O) groups is 1. The predicted octanol–water partition coefficient (Wildman–Crippen LogP) is 3.56. The third kappa shape index (κ3) is 3.50. The molecule has 0 aliphatic carbocycles. The Morgan fingerprint density at radius 2 is 2.08 bits per heavy atom. The monoisotopic (exact) mass is 328 g/mol. The number of phenols is 1. The third-order valence-corrected chi connectivity index (χ3v) is 4.37. The van der Waals surface area contributed by atoms with E-state index in [1.54, 1.807) is 36.1 Å². The fourth-order valence-corrected chi connectivity index (χ4v) is 3.10. The molecule has 1 heterocycles. The van der Waals surface area contributed by atoms with Crippen LogP contribution in [0.4, 0.5) is 10.1 Å². The molecule has 1 aliphatic rings. The van der Waals surface area contributed by atoms with Crippen LogP contribution in [0.3, 0.4) is 0 Å². The number of aryl methyl sites for hydroxylation is 1. The fourth-order valence-electron chi connectivity index (χ4n) is 3.10. The highest BCUT2D eigenvalue weighted by Gasteiger charge is 2.26. The van der Waals surface area contributed by atoms with Gasteiger partial charge in [-0.3, -0.25) is 4.79 Å². The molecule has 2 N–H and O–H groups in total. The molecule has 1 atom stereocenters. The largest absolute Gasteiger partial charge is 0.507 e. The van der Waals surface area contributed by atoms with Crippen molar-refractivity contribution in [3.05, 3.63) is 59.4 Å². The lowest BCUT2D eigenvalue weighted by Gasteiger charge is -2.34. The molecule has 1 fully saturated rings. The minimum absolute atomic E-state index is 0.0442. The SMILES string of the molecule is Cc1cccc(C(=O)N2CCC[C@H](Nc3cccc(F)c3)C2)c1O. The first kappa shape index (κ1) is 16.3. The van der Waals surface area contributed by atoms with Gasteiger partial charge < -0.3 is 15.3 Å². The summed E-state index contributed by atoms with van der Waals surface area (Å²) in [6.45, 7) is 2.97. The van der Waals surface area contributed by atoms with Crippen molar-refractivity contribution in [3.63, 3.8) is 0 Å². The van der Waals surface area contributed by atoms with Crippen LogP contribution in [0, 0.1) is 12.7 Å². The Bertz CT molecular complexity index is 748. The van der Waals surface area contributed by atoms with Gasteiger partial charge in [0.05, 0.1) is 5.56 Å². The standard InChI is InChI=1S/C19H21FN2O2/c1-13-5-2-9-17(18(13)23)19(24)22-10-4-8-16(12-22)21-15-7-3-6-14(20)11-15/h2-3,5-7,9,11,16,21,23H,4,8,10,12H2,1H3/t16-/m0/s1. The van der Waals surface area contributed by atoms with E-state index < -0.39 is 0 Å². The number of anilines is 1. The van der Waals surface area contributed by atoms with Gasteiger partial charge in [0.15, 0.2) is 0 Å². The highest BCUT2D eigenvalue weighted by atomic mass is 19.1. The number of likely N-dealkylation sites (tertiary alicyclic amines) is 1. The Labute approximate surface area is 140 Å². The summed E-state index contributed by atoms with van der Waals surface area (Å²) in [4.78, 5) is 14.4. The molecule has 0 radical (unpaired) electrons. The smallest absolute Gasteiger partial charge is 0.257 e. The molecular formula is C19H21FN2O2. The highest BCUT2D eigenvalue weighted by molar-refractivity contribution is 5.97. The van der Waals surface area contributed by atoms with Gasteiger partial charge in [-0.1, -0.05) is 18.2 Å². The van der Waals surface area contributed by atoms with Gasteiger partial charge in [-0.15, -0.1) is 0 Å². The van der Waals surface area contributed by atoms with E-state index >= 15 is 0 Å². The number of hydrogen-bond acceptors (Lipinski definition) is 3. The average molecular weight is 328 g/mol. The summed E-state index contributed by atoms with van der Waals surface area (Å²) in [7, 11) is 0. The summed E-state index contributed by atoms with van der Waals surface area (Å²) in [5.41, 5.74) is 1.74. The van der Waals surface area contributed by atoms with Gasteiger partial charge in [0.2, 0.25) is 0 Å². The number of nitrogens with one attached hydrogen (secondary N) is 1. The lowest BCUT2D eigenvalue weighted by Crippen LogP contribution is -2.45. The lowest BCUT2D eigenvalue weighted by molar-refractivity contribution is 0.0711. The molecule has 0 saturated carbocycles. The topological polar surface area (TPSA) is 52.6 Å². The summed E-state index contributed by atoms with van der Waals surface area (Å²) in [5.74, 6) is -0.405. The van der Waals surface area contributed by atoms with Crippen LogP contribution in [0.25, 0.3) is 0 Å². The Morgan fingerprint density at radius 1 is 1.29 bits per heavy atom. The number of benzene rings is 2. The van der Waals surface area contributed by atoms with Crippen molar-refractivity contribution in [2.45, 2.75) is 25.8 Å². The summed E-state index contributed by atoms with van der Waals surface area (Å²) in [6.07, 6.45) is 1.78. The van der Waals surface area contributed by atoms with E-state index in [1.165, 1.54) is 12.1 Å². The lowest BCUT2D eigenvalue weighted by atomic mass is 10.0. The second-order valence-electron chi connectivity index (χ2n) is 6.22. The minimum atomic E-state index is -0.284. The Balaban J connectivity index is 1.71. The summed E-state index contributed by atoms with van der Waals surface area (Å²) in [5, 5.41) is 13.4. The van der Waals surface area contributed by atoms with Gasteiger partial charge in [0, 0.05) is 24.8 Å². The number of rotatable bonds is 3. The molecule has 0 aromatic heterocycles. The molecule has 3 rings (SSSR count).